The van der Waals surface area contributed by atoms with Crippen LogP contribution in [0.5, 0.6) is 0 Å². The minimum Gasteiger partial charge on any atom is -0.340 e. The molecule has 140 valence electrons. The summed E-state index contributed by atoms with van der Waals surface area (Å²) in [5, 5.41) is 18.2. The van der Waals surface area contributed by atoms with Crippen molar-refractivity contribution in [3.8, 4) is 11.4 Å². The second kappa shape index (κ2) is 7.48. The van der Waals surface area contributed by atoms with Crippen LogP contribution in [-0.2, 0) is 17.9 Å². The molecule has 3 aromatic rings. The molecule has 0 saturated carbocycles. The molecule has 0 saturated heterocycles. The first-order valence-electron chi connectivity index (χ1n) is 8.48. The molecule has 2 heterocycles. The maximum atomic E-state index is 12.6. The van der Waals surface area contributed by atoms with Crippen LogP contribution in [0, 0.1) is 13.8 Å². The van der Waals surface area contributed by atoms with E-state index in [1.807, 2.05) is 24.3 Å². The zero-order valence-corrected chi connectivity index (χ0v) is 15.7. The summed E-state index contributed by atoms with van der Waals surface area (Å²) in [6.07, 6.45) is 0. The van der Waals surface area contributed by atoms with Crippen molar-refractivity contribution in [2.75, 3.05) is 7.05 Å². The third-order valence-electron chi connectivity index (χ3n) is 4.39. The molecule has 27 heavy (non-hydrogen) atoms. The number of carbonyl (C=O) groups is 2. The monoisotopic (exact) mass is 367 g/mol. The van der Waals surface area contributed by atoms with Crippen LogP contribution in [0.15, 0.2) is 24.3 Å². The van der Waals surface area contributed by atoms with Crippen molar-refractivity contribution < 1.29 is 9.59 Å². The maximum absolute atomic E-state index is 12.6. The number of aromatic amines is 1. The number of benzene rings is 1. The molecular weight excluding hydrogens is 346 g/mol. The highest BCUT2D eigenvalue weighted by Crippen LogP contribution is 2.17. The summed E-state index contributed by atoms with van der Waals surface area (Å²) in [5.41, 5.74) is 3.71. The van der Waals surface area contributed by atoms with Gasteiger partial charge in [-0.15, -0.1) is 10.2 Å². The number of hydrogen-bond donors (Lipinski definition) is 1. The molecular formula is C18H21N7O2. The summed E-state index contributed by atoms with van der Waals surface area (Å²) < 4.78 is 1.58. The van der Waals surface area contributed by atoms with Crippen molar-refractivity contribution in [1.29, 1.82) is 0 Å². The largest absolute Gasteiger partial charge is 0.340 e. The van der Waals surface area contributed by atoms with Crippen molar-refractivity contribution in [2.24, 2.45) is 0 Å². The molecule has 1 aromatic carbocycles. The lowest BCUT2D eigenvalue weighted by Gasteiger charge is -2.18. The number of carbonyl (C=O) groups excluding carboxylic acids is 2. The van der Waals surface area contributed by atoms with Gasteiger partial charge in [0, 0.05) is 24.8 Å². The second-order valence-corrected chi connectivity index (χ2v) is 6.45. The molecule has 0 aliphatic carbocycles. The van der Waals surface area contributed by atoms with Gasteiger partial charge in [-0.05, 0) is 37.6 Å². The molecule has 0 aliphatic rings. The number of hydrogen-bond acceptors (Lipinski definition) is 6. The molecule has 9 heteroatoms. The van der Waals surface area contributed by atoms with Crippen molar-refractivity contribution in [3.05, 3.63) is 46.8 Å². The lowest BCUT2D eigenvalue weighted by molar-refractivity contribution is -0.131. The maximum Gasteiger partial charge on any atom is 0.244 e. The normalized spacial score (nSPS) is 10.8. The van der Waals surface area contributed by atoms with Crippen LogP contribution in [0.25, 0.3) is 11.4 Å². The second-order valence-electron chi connectivity index (χ2n) is 6.45. The fourth-order valence-corrected chi connectivity index (χ4v) is 3.06. The van der Waals surface area contributed by atoms with E-state index in [0.717, 1.165) is 11.1 Å². The molecule has 9 nitrogen and oxygen atoms in total. The average molecular weight is 367 g/mol. The lowest BCUT2D eigenvalue weighted by atomic mass is 10.1. The van der Waals surface area contributed by atoms with E-state index in [1.165, 1.54) is 6.92 Å². The number of nitrogens with zero attached hydrogens (tertiary/aromatic N) is 6. The first-order valence-corrected chi connectivity index (χ1v) is 8.48. The Hall–Kier alpha value is -3.36. The van der Waals surface area contributed by atoms with Crippen LogP contribution >= 0.6 is 0 Å². The van der Waals surface area contributed by atoms with Gasteiger partial charge < -0.3 is 4.90 Å². The van der Waals surface area contributed by atoms with Gasteiger partial charge in [0.05, 0.1) is 11.3 Å². The first kappa shape index (κ1) is 18.4. The predicted molar refractivity (Wildman–Crippen MR) is 97.8 cm³/mol. The van der Waals surface area contributed by atoms with Crippen molar-refractivity contribution in [3.63, 3.8) is 0 Å². The van der Waals surface area contributed by atoms with Gasteiger partial charge in [-0.2, -0.15) is 10.3 Å². The number of rotatable bonds is 6. The molecule has 0 unspecified atom stereocenters. The Morgan fingerprint density at radius 1 is 1.26 bits per heavy atom. The highest BCUT2D eigenvalue weighted by atomic mass is 16.2. The Labute approximate surface area is 156 Å². The molecule has 0 aliphatic heterocycles. The molecule has 3 rings (SSSR count). The Kier molecular flexibility index (Phi) is 5.11. The number of amides is 1. The topological polar surface area (TPSA) is 110 Å². The van der Waals surface area contributed by atoms with Crippen LogP contribution in [0.3, 0.4) is 0 Å². The van der Waals surface area contributed by atoms with Crippen LogP contribution in [0.2, 0.25) is 0 Å². The summed E-state index contributed by atoms with van der Waals surface area (Å²) >= 11 is 0. The first-order chi connectivity index (χ1) is 12.9. The van der Waals surface area contributed by atoms with Crippen LogP contribution < -0.4 is 0 Å². The van der Waals surface area contributed by atoms with Gasteiger partial charge in [0.1, 0.15) is 6.54 Å². The van der Waals surface area contributed by atoms with E-state index in [0.29, 0.717) is 29.3 Å². The van der Waals surface area contributed by atoms with E-state index in [4.69, 9.17) is 0 Å². The zero-order chi connectivity index (χ0) is 19.6. The number of Topliss-reactive ketones (excluding diaryl/α,β-unsaturated/α-hetero) is 1. The molecule has 1 N–H and O–H groups in total. The van der Waals surface area contributed by atoms with Crippen molar-refractivity contribution >= 4 is 11.7 Å². The highest BCUT2D eigenvalue weighted by Gasteiger charge is 2.18. The summed E-state index contributed by atoms with van der Waals surface area (Å²) in [5.74, 6) is 0.362. The van der Waals surface area contributed by atoms with E-state index in [2.05, 4.69) is 25.7 Å². The Morgan fingerprint density at radius 3 is 2.67 bits per heavy atom. The molecule has 0 bridgehead atoms. The third kappa shape index (κ3) is 3.91. The van der Waals surface area contributed by atoms with Crippen molar-refractivity contribution in [1.82, 2.24) is 35.3 Å². The summed E-state index contributed by atoms with van der Waals surface area (Å²) in [6.45, 7) is 5.60. The Bertz CT molecular complexity index is 976. The van der Waals surface area contributed by atoms with Crippen LogP contribution in [0.4, 0.5) is 0 Å². The fourth-order valence-electron chi connectivity index (χ4n) is 3.06. The minimum absolute atomic E-state index is 0.0460. The average Bonchev–Trinajstić information content (AvgIpc) is 3.24. The van der Waals surface area contributed by atoms with E-state index >= 15 is 0 Å². The molecule has 0 spiro atoms. The summed E-state index contributed by atoms with van der Waals surface area (Å²) in [7, 11) is 1.74. The number of ketones is 1. The zero-order valence-electron chi connectivity index (χ0n) is 15.7. The van der Waals surface area contributed by atoms with Gasteiger partial charge in [0.25, 0.3) is 0 Å². The number of likely N-dealkylation sites (N-methyl/N-ethyl adjacent to an activating group) is 1. The Morgan fingerprint density at radius 2 is 2.04 bits per heavy atom. The number of tetrazole rings is 1. The molecule has 0 fully saturated rings. The van der Waals surface area contributed by atoms with Gasteiger partial charge in [-0.3, -0.25) is 14.3 Å². The van der Waals surface area contributed by atoms with Gasteiger partial charge in [-0.1, -0.05) is 18.2 Å². The van der Waals surface area contributed by atoms with E-state index in [9.17, 15) is 9.59 Å². The van der Waals surface area contributed by atoms with Gasteiger partial charge in [-0.25, -0.2) is 0 Å². The predicted octanol–water partition coefficient (Wildman–Crippen LogP) is 1.54. The van der Waals surface area contributed by atoms with E-state index < -0.39 is 0 Å². The fraction of sp³-hybridized carbons (Fsp3) is 0.333. The smallest absolute Gasteiger partial charge is 0.244 e. The minimum atomic E-state index is -0.0966. The highest BCUT2D eigenvalue weighted by molar-refractivity contribution is 5.96. The third-order valence-corrected chi connectivity index (χ3v) is 4.39. The van der Waals surface area contributed by atoms with Gasteiger partial charge in [0.15, 0.2) is 5.78 Å². The van der Waals surface area contributed by atoms with Gasteiger partial charge >= 0.3 is 0 Å². The van der Waals surface area contributed by atoms with Crippen LogP contribution in [-0.4, -0.2) is 54.0 Å². The van der Waals surface area contributed by atoms with E-state index in [1.54, 1.807) is 30.5 Å². The SMILES string of the molecule is CC(=O)c1c(C)nn(CC(=O)N(C)Cc2cccc(-c3nn[nH]n3)c2)c1C. The number of nitrogens with one attached hydrogen (secondary N) is 1. The Balaban J connectivity index is 1.71. The van der Waals surface area contributed by atoms with Crippen molar-refractivity contribution in [2.45, 2.75) is 33.9 Å². The summed E-state index contributed by atoms with van der Waals surface area (Å²) in [6, 6.07) is 7.63. The van der Waals surface area contributed by atoms with E-state index in [-0.39, 0.29) is 18.2 Å². The number of H-pyrrole nitrogens is 1. The van der Waals surface area contributed by atoms with Gasteiger partial charge in [0.2, 0.25) is 11.7 Å². The number of aryl methyl sites for hydroxylation is 1. The lowest BCUT2D eigenvalue weighted by Crippen LogP contribution is -2.30. The van der Waals surface area contributed by atoms with Crippen LogP contribution in [0.1, 0.15) is 34.2 Å². The molecule has 1 amide bonds. The molecule has 2 aromatic heterocycles. The quantitative estimate of drug-likeness (QED) is 0.662. The standard InChI is InChI=1S/C18H21N7O2/c1-11-17(13(3)26)12(2)25(21-11)10-16(27)24(4)9-14-6-5-7-15(8-14)18-19-22-23-20-18/h5-8H,9-10H2,1-4H3,(H,19,20,22,23). The summed E-state index contributed by atoms with van der Waals surface area (Å²) in [4.78, 5) is 26.0. The molecule has 0 atom stereocenters. The molecule has 0 radical (unpaired) electrons. The number of aromatic nitrogens is 6.